The van der Waals surface area contributed by atoms with Gasteiger partial charge in [-0.2, -0.15) is 0 Å². The third kappa shape index (κ3) is 2.22. The number of carbonyl (C=O) groups is 1. The van der Waals surface area contributed by atoms with Crippen LogP contribution in [0.4, 0.5) is 0 Å². The molecule has 0 N–H and O–H groups in total. The molecule has 2 heteroatoms. The van der Waals surface area contributed by atoms with E-state index in [-0.39, 0.29) is 12.1 Å². The van der Waals surface area contributed by atoms with E-state index in [1.807, 2.05) is 6.08 Å². The summed E-state index contributed by atoms with van der Waals surface area (Å²) in [5, 5.41) is 0. The van der Waals surface area contributed by atoms with E-state index in [0.717, 1.165) is 12.8 Å². The van der Waals surface area contributed by atoms with Crippen LogP contribution in [0.3, 0.4) is 0 Å². The second-order valence-corrected chi connectivity index (χ2v) is 2.97. The van der Waals surface area contributed by atoms with Crippen molar-refractivity contribution in [2.75, 3.05) is 0 Å². The zero-order valence-electron chi connectivity index (χ0n) is 7.38. The minimum atomic E-state index is -0.249. The minimum absolute atomic E-state index is 0.0588. The third-order valence-electron chi connectivity index (χ3n) is 1.80. The van der Waals surface area contributed by atoms with Crippen molar-refractivity contribution in [1.82, 2.24) is 0 Å². The zero-order valence-corrected chi connectivity index (χ0v) is 7.38. The van der Waals surface area contributed by atoms with Crippen LogP contribution in [0, 0.1) is 0 Å². The van der Waals surface area contributed by atoms with Gasteiger partial charge in [0.05, 0.1) is 0 Å². The Labute approximate surface area is 72.9 Å². The Morgan fingerprint density at radius 2 is 2.50 bits per heavy atom. The molecule has 1 fully saturated rings. The first kappa shape index (κ1) is 9.04. The summed E-state index contributed by atoms with van der Waals surface area (Å²) in [5.41, 5.74) is 0.584. The van der Waals surface area contributed by atoms with Crippen molar-refractivity contribution in [3.8, 4) is 0 Å². The van der Waals surface area contributed by atoms with Crippen molar-refractivity contribution in [1.29, 1.82) is 0 Å². The summed E-state index contributed by atoms with van der Waals surface area (Å²) >= 11 is 0. The monoisotopic (exact) mass is 166 g/mol. The summed E-state index contributed by atoms with van der Waals surface area (Å²) in [5.74, 6) is -0.249. The van der Waals surface area contributed by atoms with Crippen LogP contribution in [-0.4, -0.2) is 12.1 Å². The molecule has 0 amide bonds. The number of cyclic esters (lactones) is 1. The van der Waals surface area contributed by atoms with Crippen LogP contribution in [0.25, 0.3) is 0 Å². The van der Waals surface area contributed by atoms with E-state index < -0.39 is 0 Å². The predicted molar refractivity (Wildman–Crippen MR) is 47.7 cm³/mol. The molecule has 1 aliphatic heterocycles. The van der Waals surface area contributed by atoms with Gasteiger partial charge in [-0.15, -0.1) is 0 Å². The van der Waals surface area contributed by atoms with Gasteiger partial charge in [-0.25, -0.2) is 4.79 Å². The number of ether oxygens (including phenoxy) is 1. The number of hydrogen-bond acceptors (Lipinski definition) is 2. The second kappa shape index (κ2) is 4.10. The molecule has 0 spiro atoms. The fourth-order valence-corrected chi connectivity index (χ4v) is 1.11. The van der Waals surface area contributed by atoms with Crippen LogP contribution in [0.2, 0.25) is 0 Å². The summed E-state index contributed by atoms with van der Waals surface area (Å²) in [4.78, 5) is 10.9. The number of esters is 1. The van der Waals surface area contributed by atoms with Gasteiger partial charge in [0, 0.05) is 12.0 Å². The molecule has 0 aromatic carbocycles. The predicted octanol–water partition coefficient (Wildman–Crippen LogP) is 2.21. The normalized spacial score (nSPS) is 23.6. The van der Waals surface area contributed by atoms with Crippen LogP contribution < -0.4 is 0 Å². The van der Waals surface area contributed by atoms with E-state index in [4.69, 9.17) is 4.74 Å². The molecule has 66 valence electrons. The Hall–Kier alpha value is -1.05. The van der Waals surface area contributed by atoms with Crippen molar-refractivity contribution >= 4 is 5.97 Å². The highest BCUT2D eigenvalue weighted by atomic mass is 16.5. The standard InChI is InChI=1S/C10H14O2/c1-3-4-5-6-9-7-8(2)10(11)12-9/h5-6,9H,2-4,7H2,1H3/b6-5+. The maximum atomic E-state index is 10.9. The SMILES string of the molecule is C=C1CC(/C=C/CCC)OC1=O. The molecule has 1 atom stereocenters. The van der Waals surface area contributed by atoms with E-state index in [2.05, 4.69) is 19.6 Å². The van der Waals surface area contributed by atoms with Gasteiger partial charge in [0.2, 0.25) is 0 Å². The van der Waals surface area contributed by atoms with Crippen molar-refractivity contribution in [2.24, 2.45) is 0 Å². The average molecular weight is 166 g/mol. The molecule has 12 heavy (non-hydrogen) atoms. The molecule has 0 saturated carbocycles. The fourth-order valence-electron chi connectivity index (χ4n) is 1.11. The number of rotatable bonds is 3. The van der Waals surface area contributed by atoms with Crippen molar-refractivity contribution in [3.05, 3.63) is 24.3 Å². The number of unbranched alkanes of at least 4 members (excludes halogenated alkanes) is 1. The van der Waals surface area contributed by atoms with Gasteiger partial charge in [0.1, 0.15) is 6.10 Å². The van der Waals surface area contributed by atoms with Gasteiger partial charge in [0.25, 0.3) is 0 Å². The summed E-state index contributed by atoms with van der Waals surface area (Å²) in [6.45, 7) is 5.72. The lowest BCUT2D eigenvalue weighted by Gasteiger charge is -1.99. The van der Waals surface area contributed by atoms with Crippen LogP contribution in [0.15, 0.2) is 24.3 Å². The molecule has 0 aromatic rings. The first-order valence-electron chi connectivity index (χ1n) is 4.29. The molecule has 1 saturated heterocycles. The van der Waals surface area contributed by atoms with Crippen LogP contribution >= 0.6 is 0 Å². The Morgan fingerprint density at radius 3 is 3.00 bits per heavy atom. The van der Waals surface area contributed by atoms with E-state index in [1.165, 1.54) is 0 Å². The van der Waals surface area contributed by atoms with Crippen molar-refractivity contribution < 1.29 is 9.53 Å². The highest BCUT2D eigenvalue weighted by molar-refractivity contribution is 5.90. The molecular formula is C10H14O2. The van der Waals surface area contributed by atoms with Crippen LogP contribution in [0.1, 0.15) is 26.2 Å². The topological polar surface area (TPSA) is 26.3 Å². The molecule has 0 aliphatic carbocycles. The highest BCUT2D eigenvalue weighted by Crippen LogP contribution is 2.19. The lowest BCUT2D eigenvalue weighted by molar-refractivity contribution is -0.137. The van der Waals surface area contributed by atoms with Crippen molar-refractivity contribution in [3.63, 3.8) is 0 Å². The number of allylic oxidation sites excluding steroid dienone is 1. The minimum Gasteiger partial charge on any atom is -0.454 e. The van der Waals surface area contributed by atoms with Crippen molar-refractivity contribution in [2.45, 2.75) is 32.3 Å². The van der Waals surface area contributed by atoms with Gasteiger partial charge in [0.15, 0.2) is 0 Å². The first-order valence-corrected chi connectivity index (χ1v) is 4.29. The quantitative estimate of drug-likeness (QED) is 0.365. The third-order valence-corrected chi connectivity index (χ3v) is 1.80. The molecule has 1 rings (SSSR count). The van der Waals surface area contributed by atoms with E-state index in [9.17, 15) is 4.79 Å². The summed E-state index contributed by atoms with van der Waals surface area (Å²) in [6.07, 6.45) is 6.75. The fraction of sp³-hybridized carbons (Fsp3) is 0.500. The van der Waals surface area contributed by atoms with E-state index in [0.29, 0.717) is 12.0 Å². The molecule has 1 aliphatic rings. The van der Waals surface area contributed by atoms with Gasteiger partial charge in [-0.1, -0.05) is 26.0 Å². The van der Waals surface area contributed by atoms with Gasteiger partial charge >= 0.3 is 5.97 Å². The molecule has 2 nitrogen and oxygen atoms in total. The molecular weight excluding hydrogens is 152 g/mol. The lowest BCUT2D eigenvalue weighted by atomic mass is 10.1. The maximum Gasteiger partial charge on any atom is 0.334 e. The maximum absolute atomic E-state index is 10.9. The molecule has 0 aromatic heterocycles. The number of carbonyl (C=O) groups excluding carboxylic acids is 1. The van der Waals surface area contributed by atoms with Crippen LogP contribution in [0.5, 0.6) is 0 Å². The highest BCUT2D eigenvalue weighted by Gasteiger charge is 2.24. The van der Waals surface area contributed by atoms with Gasteiger partial charge in [-0.05, 0) is 12.5 Å². The molecule has 0 bridgehead atoms. The van der Waals surface area contributed by atoms with Gasteiger partial charge < -0.3 is 4.74 Å². The average Bonchev–Trinajstić information content (AvgIpc) is 2.32. The number of hydrogen-bond donors (Lipinski definition) is 0. The Kier molecular flexibility index (Phi) is 3.09. The Balaban J connectivity index is 2.37. The lowest BCUT2D eigenvalue weighted by Crippen LogP contribution is -2.01. The summed E-state index contributed by atoms with van der Waals surface area (Å²) in [6, 6.07) is 0. The summed E-state index contributed by atoms with van der Waals surface area (Å²) < 4.78 is 4.99. The van der Waals surface area contributed by atoms with E-state index in [1.54, 1.807) is 0 Å². The Morgan fingerprint density at radius 1 is 1.75 bits per heavy atom. The van der Waals surface area contributed by atoms with Gasteiger partial charge in [-0.3, -0.25) is 0 Å². The second-order valence-electron chi connectivity index (χ2n) is 2.97. The smallest absolute Gasteiger partial charge is 0.334 e. The largest absolute Gasteiger partial charge is 0.454 e. The van der Waals surface area contributed by atoms with E-state index >= 15 is 0 Å². The van der Waals surface area contributed by atoms with Crippen LogP contribution in [-0.2, 0) is 9.53 Å². The molecule has 1 unspecified atom stereocenters. The molecule has 1 heterocycles. The Bertz CT molecular complexity index is 200. The zero-order chi connectivity index (χ0) is 8.97. The first-order chi connectivity index (χ1) is 5.74. The molecule has 0 radical (unpaired) electrons. The summed E-state index contributed by atoms with van der Waals surface area (Å²) in [7, 11) is 0.